The molecule has 9 heavy (non-hydrogen) atoms. The summed E-state index contributed by atoms with van der Waals surface area (Å²) in [6.07, 6.45) is 0.867. The third-order valence-electron chi connectivity index (χ3n) is 1.19. The normalized spacial score (nSPS) is 35.1. The highest BCUT2D eigenvalue weighted by Crippen LogP contribution is 2.01. The van der Waals surface area contributed by atoms with Crippen molar-refractivity contribution in [1.82, 2.24) is 0 Å². The first-order valence-corrected chi connectivity index (χ1v) is 2.72. The van der Waals surface area contributed by atoms with Gasteiger partial charge in [0.05, 0.1) is 12.1 Å². The Morgan fingerprint density at radius 2 is 2.56 bits per heavy atom. The zero-order valence-corrected chi connectivity index (χ0v) is 4.82. The van der Waals surface area contributed by atoms with Gasteiger partial charge in [0, 0.05) is 12.6 Å². The summed E-state index contributed by atoms with van der Waals surface area (Å²) in [6.45, 7) is 0. The van der Waals surface area contributed by atoms with Gasteiger partial charge in [-0.05, 0) is 0 Å². The van der Waals surface area contributed by atoms with Crippen LogP contribution in [0.15, 0.2) is 4.99 Å². The van der Waals surface area contributed by atoms with Gasteiger partial charge in [-0.1, -0.05) is 0 Å². The summed E-state index contributed by atoms with van der Waals surface area (Å²) in [7, 11) is 0. The molecule has 0 fully saturated rings. The summed E-state index contributed by atoms with van der Waals surface area (Å²) in [5, 5.41) is 8.82. The molecule has 1 aliphatic rings. The lowest BCUT2D eigenvalue weighted by Gasteiger charge is -2.13. The van der Waals surface area contributed by atoms with Crippen LogP contribution in [0.1, 0.15) is 6.42 Å². The molecule has 0 spiro atoms. The van der Waals surface area contributed by atoms with Crippen LogP contribution in [0.2, 0.25) is 0 Å². The summed E-state index contributed by atoms with van der Waals surface area (Å²) in [6, 6.07) is -0.606. The molecule has 0 aromatic rings. The number of aliphatic hydroxyl groups excluding tert-OH is 1. The Kier molecular flexibility index (Phi) is 1.59. The topological polar surface area (TPSA) is 75.7 Å². The van der Waals surface area contributed by atoms with E-state index in [0.29, 0.717) is 6.42 Å². The van der Waals surface area contributed by atoms with E-state index in [-0.39, 0.29) is 5.91 Å². The van der Waals surface area contributed by atoms with Gasteiger partial charge in [-0.2, -0.15) is 0 Å². The summed E-state index contributed by atoms with van der Waals surface area (Å²) < 4.78 is 0. The molecule has 0 saturated carbocycles. The number of hydrogen-bond acceptors (Lipinski definition) is 3. The molecule has 0 aliphatic carbocycles. The molecule has 50 valence electrons. The third-order valence-corrected chi connectivity index (χ3v) is 1.19. The SMILES string of the molecule is NC1CC(O)C=NC1=O. The van der Waals surface area contributed by atoms with Gasteiger partial charge in [-0.15, -0.1) is 0 Å². The number of nitrogens with zero attached hydrogens (tertiary/aromatic N) is 1. The molecule has 4 nitrogen and oxygen atoms in total. The second-order valence-electron chi connectivity index (χ2n) is 2.03. The highest BCUT2D eigenvalue weighted by atomic mass is 16.3. The van der Waals surface area contributed by atoms with Crippen LogP contribution in [-0.2, 0) is 4.79 Å². The van der Waals surface area contributed by atoms with Crippen LogP contribution in [0.5, 0.6) is 0 Å². The fourth-order valence-electron chi connectivity index (χ4n) is 0.677. The minimum atomic E-state index is -0.641. The smallest absolute Gasteiger partial charge is 0.262 e. The number of amides is 1. The van der Waals surface area contributed by atoms with E-state index >= 15 is 0 Å². The number of carbonyl (C=O) groups is 1. The number of hydrogen-bond donors (Lipinski definition) is 2. The molecule has 0 aromatic heterocycles. The first-order valence-electron chi connectivity index (χ1n) is 2.72. The highest BCUT2D eigenvalue weighted by Gasteiger charge is 2.20. The van der Waals surface area contributed by atoms with Crippen molar-refractivity contribution in [2.45, 2.75) is 18.6 Å². The lowest BCUT2D eigenvalue weighted by atomic mass is 10.1. The van der Waals surface area contributed by atoms with E-state index in [0.717, 1.165) is 0 Å². The molecule has 0 bridgehead atoms. The second kappa shape index (κ2) is 2.24. The summed E-state index contributed by atoms with van der Waals surface area (Å²) in [5.41, 5.74) is 5.25. The molecular formula is C5H8N2O2. The van der Waals surface area contributed by atoms with E-state index in [2.05, 4.69) is 4.99 Å². The molecule has 1 amide bonds. The molecule has 0 saturated heterocycles. The minimum absolute atomic E-state index is 0.294. The Bertz CT molecular complexity index is 155. The molecule has 1 rings (SSSR count). The first kappa shape index (κ1) is 6.38. The lowest BCUT2D eigenvalue weighted by molar-refractivity contribution is -0.120. The van der Waals surface area contributed by atoms with Crippen LogP contribution in [0, 0.1) is 0 Å². The van der Waals surface area contributed by atoms with Gasteiger partial charge in [0.25, 0.3) is 5.91 Å². The van der Waals surface area contributed by atoms with Gasteiger partial charge in [0.15, 0.2) is 0 Å². The molecular weight excluding hydrogens is 120 g/mol. The molecule has 1 heterocycles. The number of nitrogens with two attached hydrogens (primary N) is 1. The molecule has 1 aliphatic heterocycles. The van der Waals surface area contributed by atoms with Crippen molar-refractivity contribution in [2.75, 3.05) is 0 Å². The molecule has 3 N–H and O–H groups in total. The van der Waals surface area contributed by atoms with Crippen molar-refractivity contribution in [3.63, 3.8) is 0 Å². The Hall–Kier alpha value is -0.740. The molecule has 0 radical (unpaired) electrons. The second-order valence-corrected chi connectivity index (χ2v) is 2.03. The van der Waals surface area contributed by atoms with E-state index in [4.69, 9.17) is 10.8 Å². The zero-order chi connectivity index (χ0) is 6.85. The summed E-state index contributed by atoms with van der Waals surface area (Å²) in [5.74, 6) is -0.347. The maximum Gasteiger partial charge on any atom is 0.262 e. The highest BCUT2D eigenvalue weighted by molar-refractivity contribution is 5.92. The number of aliphatic hydroxyl groups is 1. The number of carbonyl (C=O) groups excluding carboxylic acids is 1. The Morgan fingerprint density at radius 3 is 3.00 bits per heavy atom. The van der Waals surface area contributed by atoms with Gasteiger partial charge in [-0.3, -0.25) is 4.79 Å². The van der Waals surface area contributed by atoms with Crippen LogP contribution < -0.4 is 5.73 Å². The monoisotopic (exact) mass is 128 g/mol. The maximum atomic E-state index is 10.5. The van der Waals surface area contributed by atoms with E-state index in [1.807, 2.05) is 0 Å². The molecule has 2 unspecified atom stereocenters. The van der Waals surface area contributed by atoms with Crippen molar-refractivity contribution in [3.05, 3.63) is 0 Å². The van der Waals surface area contributed by atoms with Crippen molar-refractivity contribution in [3.8, 4) is 0 Å². The van der Waals surface area contributed by atoms with Crippen molar-refractivity contribution < 1.29 is 9.90 Å². The summed E-state index contributed by atoms with van der Waals surface area (Å²) >= 11 is 0. The van der Waals surface area contributed by atoms with Gasteiger partial charge < -0.3 is 10.8 Å². The number of rotatable bonds is 0. The first-order chi connectivity index (χ1) is 4.20. The average Bonchev–Trinajstić information content (AvgIpc) is 1.80. The Labute approximate surface area is 52.4 Å². The van der Waals surface area contributed by atoms with E-state index in [1.165, 1.54) is 6.21 Å². The third kappa shape index (κ3) is 1.34. The van der Waals surface area contributed by atoms with Gasteiger partial charge >= 0.3 is 0 Å². The van der Waals surface area contributed by atoms with E-state index in [1.54, 1.807) is 0 Å². The Balaban J connectivity index is 2.65. The Morgan fingerprint density at radius 1 is 1.89 bits per heavy atom. The average molecular weight is 128 g/mol. The zero-order valence-electron chi connectivity index (χ0n) is 4.82. The van der Waals surface area contributed by atoms with Crippen LogP contribution in [0.4, 0.5) is 0 Å². The van der Waals surface area contributed by atoms with E-state index in [9.17, 15) is 4.79 Å². The van der Waals surface area contributed by atoms with Crippen LogP contribution in [0.25, 0.3) is 0 Å². The fraction of sp³-hybridized carbons (Fsp3) is 0.600. The van der Waals surface area contributed by atoms with Crippen LogP contribution >= 0.6 is 0 Å². The quantitative estimate of drug-likeness (QED) is 0.424. The van der Waals surface area contributed by atoms with E-state index < -0.39 is 12.1 Å². The predicted molar refractivity (Wildman–Crippen MR) is 32.1 cm³/mol. The van der Waals surface area contributed by atoms with Gasteiger partial charge in [-0.25, -0.2) is 4.99 Å². The van der Waals surface area contributed by atoms with Crippen molar-refractivity contribution in [1.29, 1.82) is 0 Å². The molecule has 0 aromatic carbocycles. The standard InChI is InChI=1S/C5H8N2O2/c6-4-1-3(8)2-7-5(4)9/h2-4,8H,1,6H2. The van der Waals surface area contributed by atoms with Crippen molar-refractivity contribution in [2.24, 2.45) is 10.7 Å². The minimum Gasteiger partial charge on any atom is -0.387 e. The van der Waals surface area contributed by atoms with Crippen LogP contribution in [0.3, 0.4) is 0 Å². The van der Waals surface area contributed by atoms with Gasteiger partial charge in [0.2, 0.25) is 0 Å². The number of aliphatic imine (C=N–C) groups is 1. The van der Waals surface area contributed by atoms with Crippen LogP contribution in [-0.4, -0.2) is 29.4 Å². The van der Waals surface area contributed by atoms with Crippen molar-refractivity contribution >= 4 is 12.1 Å². The predicted octanol–water partition coefficient (Wildman–Crippen LogP) is -1.32. The molecule has 4 heteroatoms. The van der Waals surface area contributed by atoms with Gasteiger partial charge in [0.1, 0.15) is 0 Å². The maximum absolute atomic E-state index is 10.5. The molecule has 2 atom stereocenters. The largest absolute Gasteiger partial charge is 0.387 e. The lowest BCUT2D eigenvalue weighted by Crippen LogP contribution is -2.37. The fourth-order valence-corrected chi connectivity index (χ4v) is 0.677. The summed E-state index contributed by atoms with van der Waals surface area (Å²) in [4.78, 5) is 13.9.